The molecule has 0 aliphatic carbocycles. The number of thioether (sulfide) groups is 1. The van der Waals surface area contributed by atoms with Crippen LogP contribution in [0.1, 0.15) is 32.9 Å². The second-order valence-electron chi connectivity index (χ2n) is 5.66. The van der Waals surface area contributed by atoms with Crippen molar-refractivity contribution in [2.75, 3.05) is 16.8 Å². The Morgan fingerprint density at radius 2 is 2.19 bits per heavy atom. The Labute approximate surface area is 127 Å². The molecular formula is C13H21N3O4S. The van der Waals surface area contributed by atoms with Crippen LogP contribution in [0.3, 0.4) is 0 Å². The van der Waals surface area contributed by atoms with Crippen molar-refractivity contribution in [2.45, 2.75) is 38.6 Å². The molecule has 0 aliphatic rings. The molecule has 1 atom stereocenters. The Balaban J connectivity index is 2.31. The zero-order valence-corrected chi connectivity index (χ0v) is 13.2. The molecule has 1 heterocycles. The Morgan fingerprint density at radius 1 is 1.52 bits per heavy atom. The number of nitrogens with one attached hydrogen (secondary N) is 1. The lowest BCUT2D eigenvalue weighted by Gasteiger charge is -2.12. The molecular weight excluding hydrogens is 294 g/mol. The fourth-order valence-corrected chi connectivity index (χ4v) is 2.18. The Hall–Kier alpha value is -1.54. The molecule has 118 valence electrons. The van der Waals surface area contributed by atoms with Crippen molar-refractivity contribution in [3.8, 4) is 0 Å². The van der Waals surface area contributed by atoms with E-state index >= 15 is 0 Å². The summed E-state index contributed by atoms with van der Waals surface area (Å²) in [5.74, 6) is -0.229. The molecule has 0 saturated carbocycles. The minimum atomic E-state index is -1.03. The molecule has 0 saturated heterocycles. The summed E-state index contributed by atoms with van der Waals surface area (Å²) < 4.78 is 5.05. The molecule has 1 aromatic heterocycles. The van der Waals surface area contributed by atoms with E-state index in [2.05, 4.69) is 10.5 Å². The van der Waals surface area contributed by atoms with Crippen molar-refractivity contribution < 1.29 is 19.2 Å². The maximum absolute atomic E-state index is 11.7. The predicted octanol–water partition coefficient (Wildman–Crippen LogP) is 1.45. The summed E-state index contributed by atoms with van der Waals surface area (Å²) in [4.78, 5) is 22.2. The lowest BCUT2D eigenvalue weighted by atomic mass is 9.92. The van der Waals surface area contributed by atoms with Crippen LogP contribution in [-0.4, -0.2) is 39.7 Å². The maximum atomic E-state index is 11.7. The highest BCUT2D eigenvalue weighted by Crippen LogP contribution is 2.23. The Morgan fingerprint density at radius 3 is 2.71 bits per heavy atom. The molecule has 1 rings (SSSR count). The van der Waals surface area contributed by atoms with Crippen LogP contribution in [0.4, 0.5) is 5.88 Å². The monoisotopic (exact) mass is 315 g/mol. The quantitative estimate of drug-likeness (QED) is 0.651. The van der Waals surface area contributed by atoms with E-state index in [0.29, 0.717) is 18.1 Å². The number of aromatic nitrogens is 1. The summed E-state index contributed by atoms with van der Waals surface area (Å²) in [6, 6.07) is 0.812. The van der Waals surface area contributed by atoms with Crippen molar-refractivity contribution in [1.29, 1.82) is 0 Å². The molecule has 1 amide bonds. The first-order valence-corrected chi connectivity index (χ1v) is 7.69. The van der Waals surface area contributed by atoms with Gasteiger partial charge in [-0.2, -0.15) is 11.8 Å². The third kappa shape index (κ3) is 6.17. The molecule has 0 radical (unpaired) electrons. The fraction of sp³-hybridized carbons (Fsp3) is 0.615. The third-order valence-electron chi connectivity index (χ3n) is 2.66. The molecule has 0 bridgehead atoms. The molecule has 7 nitrogen and oxygen atoms in total. The normalized spacial score (nSPS) is 13.0. The van der Waals surface area contributed by atoms with Crippen molar-refractivity contribution in [1.82, 2.24) is 5.16 Å². The molecule has 0 spiro atoms. The van der Waals surface area contributed by atoms with Crippen LogP contribution in [0, 0.1) is 0 Å². The number of hydrogen-bond donors (Lipinski definition) is 3. The molecule has 0 aliphatic heterocycles. The number of carbonyl (C=O) groups is 2. The maximum Gasteiger partial charge on any atom is 0.320 e. The lowest BCUT2D eigenvalue weighted by Crippen LogP contribution is -2.30. The molecule has 8 heteroatoms. The van der Waals surface area contributed by atoms with E-state index in [4.69, 9.17) is 15.4 Å². The minimum absolute atomic E-state index is 0.145. The zero-order valence-electron chi connectivity index (χ0n) is 12.4. The largest absolute Gasteiger partial charge is 0.480 e. The van der Waals surface area contributed by atoms with Gasteiger partial charge < -0.3 is 15.4 Å². The highest BCUT2D eigenvalue weighted by atomic mass is 32.2. The summed E-state index contributed by atoms with van der Waals surface area (Å²) in [5.41, 5.74) is 5.98. The topological polar surface area (TPSA) is 118 Å². The van der Waals surface area contributed by atoms with Gasteiger partial charge in [-0.3, -0.25) is 14.9 Å². The SMILES string of the molecule is CC(C)(C)c1cc(NC(=O)CSCCC(N)C(=O)O)on1. The van der Waals surface area contributed by atoms with Crippen LogP contribution < -0.4 is 11.1 Å². The lowest BCUT2D eigenvalue weighted by molar-refractivity contribution is -0.138. The summed E-state index contributed by atoms with van der Waals surface area (Å²) in [7, 11) is 0. The first-order chi connectivity index (χ1) is 9.70. The second kappa shape index (κ2) is 7.46. The average molecular weight is 315 g/mol. The van der Waals surface area contributed by atoms with Crippen LogP contribution >= 0.6 is 11.8 Å². The van der Waals surface area contributed by atoms with Crippen LogP contribution in [0.15, 0.2) is 10.6 Å². The van der Waals surface area contributed by atoms with Gasteiger partial charge in [0.15, 0.2) is 0 Å². The first-order valence-electron chi connectivity index (χ1n) is 6.53. The van der Waals surface area contributed by atoms with Crippen molar-refractivity contribution in [3.63, 3.8) is 0 Å². The zero-order chi connectivity index (χ0) is 16.0. The smallest absolute Gasteiger partial charge is 0.320 e. The number of amides is 1. The van der Waals surface area contributed by atoms with E-state index in [1.165, 1.54) is 11.8 Å². The van der Waals surface area contributed by atoms with Crippen LogP contribution in [-0.2, 0) is 15.0 Å². The number of rotatable bonds is 7. The molecule has 4 N–H and O–H groups in total. The van der Waals surface area contributed by atoms with Gasteiger partial charge in [0.05, 0.1) is 11.4 Å². The Kier molecular flexibility index (Phi) is 6.22. The molecule has 0 fully saturated rings. The molecule has 1 aromatic rings. The number of nitrogens with two attached hydrogens (primary N) is 1. The van der Waals surface area contributed by atoms with Crippen molar-refractivity contribution >= 4 is 29.5 Å². The second-order valence-corrected chi connectivity index (χ2v) is 6.77. The van der Waals surface area contributed by atoms with Gasteiger partial charge in [0, 0.05) is 11.5 Å². The summed E-state index contributed by atoms with van der Waals surface area (Å²) >= 11 is 1.32. The molecule has 1 unspecified atom stereocenters. The van der Waals surface area contributed by atoms with Gasteiger partial charge in [-0.1, -0.05) is 25.9 Å². The number of aliphatic carboxylic acids is 1. The first kappa shape index (κ1) is 17.5. The highest BCUT2D eigenvalue weighted by molar-refractivity contribution is 7.99. The van der Waals surface area contributed by atoms with Crippen LogP contribution in [0.5, 0.6) is 0 Å². The van der Waals surface area contributed by atoms with E-state index in [-0.39, 0.29) is 17.1 Å². The van der Waals surface area contributed by atoms with E-state index in [0.717, 1.165) is 5.69 Å². The van der Waals surface area contributed by atoms with E-state index in [1.807, 2.05) is 20.8 Å². The van der Waals surface area contributed by atoms with Gasteiger partial charge in [-0.25, -0.2) is 0 Å². The van der Waals surface area contributed by atoms with Crippen molar-refractivity contribution in [2.24, 2.45) is 5.73 Å². The number of carboxylic acids is 1. The van der Waals surface area contributed by atoms with Gasteiger partial charge in [0.1, 0.15) is 6.04 Å². The number of carboxylic acid groups (broad SMARTS) is 1. The van der Waals surface area contributed by atoms with Gasteiger partial charge in [-0.05, 0) is 12.2 Å². The van der Waals surface area contributed by atoms with Gasteiger partial charge in [0.2, 0.25) is 11.8 Å². The third-order valence-corrected chi connectivity index (χ3v) is 3.66. The number of nitrogens with zero attached hydrogens (tertiary/aromatic N) is 1. The number of carbonyl (C=O) groups excluding carboxylic acids is 1. The summed E-state index contributed by atoms with van der Waals surface area (Å²) in [6.07, 6.45) is 0.323. The fourth-order valence-electron chi connectivity index (χ4n) is 1.36. The van der Waals surface area contributed by atoms with E-state index in [1.54, 1.807) is 6.07 Å². The van der Waals surface area contributed by atoms with E-state index < -0.39 is 12.0 Å². The summed E-state index contributed by atoms with van der Waals surface area (Å²) in [6.45, 7) is 5.99. The van der Waals surface area contributed by atoms with Crippen LogP contribution in [0.25, 0.3) is 0 Å². The highest BCUT2D eigenvalue weighted by Gasteiger charge is 2.19. The minimum Gasteiger partial charge on any atom is -0.480 e. The van der Waals surface area contributed by atoms with Gasteiger partial charge in [0.25, 0.3) is 0 Å². The number of hydrogen-bond acceptors (Lipinski definition) is 6. The Bertz CT molecular complexity index is 496. The van der Waals surface area contributed by atoms with E-state index in [9.17, 15) is 9.59 Å². The number of anilines is 1. The van der Waals surface area contributed by atoms with Gasteiger partial charge in [-0.15, -0.1) is 0 Å². The van der Waals surface area contributed by atoms with Crippen LogP contribution in [0.2, 0.25) is 0 Å². The van der Waals surface area contributed by atoms with Crippen molar-refractivity contribution in [3.05, 3.63) is 11.8 Å². The summed E-state index contributed by atoms with van der Waals surface area (Å²) in [5, 5.41) is 15.1. The molecule has 21 heavy (non-hydrogen) atoms. The standard InChI is InChI=1S/C13H21N3O4S/c1-13(2,3)9-6-11(20-16-9)15-10(17)7-21-5-4-8(14)12(18)19/h6,8H,4-5,7,14H2,1-3H3,(H,15,17)(H,18,19). The predicted molar refractivity (Wildman–Crippen MR) is 81.4 cm³/mol. The van der Waals surface area contributed by atoms with Gasteiger partial charge >= 0.3 is 5.97 Å². The molecule has 0 aromatic carbocycles. The average Bonchev–Trinajstić information content (AvgIpc) is 2.82.